The summed E-state index contributed by atoms with van der Waals surface area (Å²) < 4.78 is 5.64. The Morgan fingerprint density at radius 2 is 2.00 bits per heavy atom. The summed E-state index contributed by atoms with van der Waals surface area (Å²) in [6.45, 7) is 6.05. The summed E-state index contributed by atoms with van der Waals surface area (Å²) in [6.07, 6.45) is 2.57. The lowest BCUT2D eigenvalue weighted by Gasteiger charge is -2.23. The summed E-state index contributed by atoms with van der Waals surface area (Å²) in [6, 6.07) is 0. The maximum atomic E-state index is 11.6. The minimum Gasteiger partial charge on any atom is -0.378 e. The third-order valence-electron chi connectivity index (χ3n) is 3.36. The van der Waals surface area contributed by atoms with Crippen molar-refractivity contribution < 1.29 is 14.3 Å². The molecule has 6 heteroatoms. The fraction of sp³-hybridized carbons (Fsp3) is 0.846. The Hall–Kier alpha value is -1.14. The van der Waals surface area contributed by atoms with Crippen molar-refractivity contribution in [2.24, 2.45) is 11.1 Å². The highest BCUT2D eigenvalue weighted by Gasteiger charge is 2.25. The summed E-state index contributed by atoms with van der Waals surface area (Å²) in [5.41, 5.74) is 4.52. The van der Waals surface area contributed by atoms with Crippen molar-refractivity contribution in [1.82, 2.24) is 10.6 Å². The van der Waals surface area contributed by atoms with Gasteiger partial charge in [0.25, 0.3) is 0 Å². The Morgan fingerprint density at radius 1 is 1.37 bits per heavy atom. The van der Waals surface area contributed by atoms with Gasteiger partial charge < -0.3 is 21.1 Å². The van der Waals surface area contributed by atoms with Crippen molar-refractivity contribution in [3.8, 4) is 0 Å². The van der Waals surface area contributed by atoms with Crippen molar-refractivity contribution >= 4 is 11.8 Å². The molecule has 0 aromatic carbocycles. The molecular formula is C13H25N3O3. The molecule has 1 rings (SSSR count). The van der Waals surface area contributed by atoms with Gasteiger partial charge in [0.1, 0.15) is 0 Å². The Labute approximate surface area is 114 Å². The van der Waals surface area contributed by atoms with E-state index in [1.807, 2.05) is 0 Å². The van der Waals surface area contributed by atoms with E-state index in [0.29, 0.717) is 13.0 Å². The fourth-order valence-electron chi connectivity index (χ4n) is 1.78. The van der Waals surface area contributed by atoms with Crippen LogP contribution in [0.2, 0.25) is 0 Å². The number of carbonyl (C=O) groups excluding carboxylic acids is 2. The van der Waals surface area contributed by atoms with Gasteiger partial charge in [0, 0.05) is 13.0 Å². The first-order chi connectivity index (χ1) is 8.92. The topological polar surface area (TPSA) is 93.4 Å². The van der Waals surface area contributed by atoms with E-state index in [1.54, 1.807) is 13.8 Å². The SMILES string of the molecule is CC(C)(CNC(=O)CCOC1CCNCC1)C(N)=O. The first-order valence-corrected chi connectivity index (χ1v) is 6.81. The van der Waals surface area contributed by atoms with Gasteiger partial charge in [0.15, 0.2) is 0 Å². The quantitative estimate of drug-likeness (QED) is 0.596. The lowest BCUT2D eigenvalue weighted by molar-refractivity contribution is -0.127. The van der Waals surface area contributed by atoms with Crippen LogP contribution in [0.25, 0.3) is 0 Å². The van der Waals surface area contributed by atoms with Gasteiger partial charge in [-0.25, -0.2) is 0 Å². The number of nitrogens with one attached hydrogen (secondary N) is 2. The minimum absolute atomic E-state index is 0.108. The second-order valence-electron chi connectivity index (χ2n) is 5.60. The third kappa shape index (κ3) is 6.02. The maximum Gasteiger partial charge on any atom is 0.224 e. The van der Waals surface area contributed by atoms with Crippen LogP contribution in [0, 0.1) is 5.41 Å². The van der Waals surface area contributed by atoms with Crippen LogP contribution in [0.4, 0.5) is 0 Å². The van der Waals surface area contributed by atoms with Gasteiger partial charge in [-0.05, 0) is 39.8 Å². The van der Waals surface area contributed by atoms with E-state index < -0.39 is 11.3 Å². The smallest absolute Gasteiger partial charge is 0.224 e. The molecular weight excluding hydrogens is 246 g/mol. The molecule has 2 amide bonds. The second kappa shape index (κ2) is 7.45. The Kier molecular flexibility index (Phi) is 6.24. The van der Waals surface area contributed by atoms with Gasteiger partial charge in [-0.3, -0.25) is 9.59 Å². The lowest BCUT2D eigenvalue weighted by atomic mass is 9.93. The summed E-state index contributed by atoms with van der Waals surface area (Å²) in [4.78, 5) is 22.7. The zero-order valence-electron chi connectivity index (χ0n) is 11.8. The van der Waals surface area contributed by atoms with Gasteiger partial charge in [0.05, 0.1) is 18.1 Å². The average molecular weight is 271 g/mol. The van der Waals surface area contributed by atoms with E-state index in [9.17, 15) is 9.59 Å². The molecule has 0 saturated carbocycles. The fourth-order valence-corrected chi connectivity index (χ4v) is 1.78. The Balaban J connectivity index is 2.12. The molecule has 1 aliphatic rings. The number of carbonyl (C=O) groups is 2. The molecule has 0 aromatic rings. The predicted molar refractivity (Wildman–Crippen MR) is 72.4 cm³/mol. The van der Waals surface area contributed by atoms with Gasteiger partial charge >= 0.3 is 0 Å². The number of nitrogens with two attached hydrogens (primary N) is 1. The Morgan fingerprint density at radius 3 is 2.58 bits per heavy atom. The molecule has 0 aromatic heterocycles. The minimum atomic E-state index is -0.717. The van der Waals surface area contributed by atoms with E-state index in [4.69, 9.17) is 10.5 Å². The average Bonchev–Trinajstić information content (AvgIpc) is 2.37. The molecule has 0 bridgehead atoms. The van der Waals surface area contributed by atoms with E-state index in [1.165, 1.54) is 0 Å². The van der Waals surface area contributed by atoms with Crippen LogP contribution in [0.3, 0.4) is 0 Å². The number of piperidine rings is 1. The molecule has 0 atom stereocenters. The number of ether oxygens (including phenoxy) is 1. The summed E-state index contributed by atoms with van der Waals surface area (Å²) in [7, 11) is 0. The van der Waals surface area contributed by atoms with Crippen molar-refractivity contribution in [3.05, 3.63) is 0 Å². The largest absolute Gasteiger partial charge is 0.378 e. The first-order valence-electron chi connectivity index (χ1n) is 6.81. The van der Waals surface area contributed by atoms with Gasteiger partial charge in [-0.15, -0.1) is 0 Å². The summed E-state index contributed by atoms with van der Waals surface area (Å²) >= 11 is 0. The van der Waals surface area contributed by atoms with Crippen LogP contribution >= 0.6 is 0 Å². The molecule has 1 heterocycles. The predicted octanol–water partition coefficient (Wildman–Crippen LogP) is -0.227. The Bertz CT molecular complexity index is 312. The first kappa shape index (κ1) is 15.9. The van der Waals surface area contributed by atoms with Crippen LogP contribution in [-0.2, 0) is 14.3 Å². The number of hydrogen-bond acceptors (Lipinski definition) is 4. The number of rotatable bonds is 7. The van der Waals surface area contributed by atoms with Crippen molar-refractivity contribution in [2.75, 3.05) is 26.2 Å². The summed E-state index contributed by atoms with van der Waals surface area (Å²) in [5, 5.41) is 5.97. The normalized spacial score (nSPS) is 17.2. The maximum absolute atomic E-state index is 11.6. The van der Waals surface area contributed by atoms with E-state index in [-0.39, 0.29) is 18.6 Å². The van der Waals surface area contributed by atoms with Crippen molar-refractivity contribution in [3.63, 3.8) is 0 Å². The molecule has 110 valence electrons. The lowest BCUT2D eigenvalue weighted by Crippen LogP contribution is -2.42. The van der Waals surface area contributed by atoms with Gasteiger partial charge in [-0.2, -0.15) is 0 Å². The van der Waals surface area contributed by atoms with Crippen LogP contribution < -0.4 is 16.4 Å². The van der Waals surface area contributed by atoms with Gasteiger partial charge in [-0.1, -0.05) is 0 Å². The van der Waals surface area contributed by atoms with Crippen molar-refractivity contribution in [2.45, 2.75) is 39.2 Å². The zero-order valence-corrected chi connectivity index (χ0v) is 11.8. The highest BCUT2D eigenvalue weighted by molar-refractivity contribution is 5.82. The molecule has 0 aliphatic carbocycles. The molecule has 0 spiro atoms. The second-order valence-corrected chi connectivity index (χ2v) is 5.60. The number of amides is 2. The van der Waals surface area contributed by atoms with Crippen molar-refractivity contribution in [1.29, 1.82) is 0 Å². The van der Waals surface area contributed by atoms with Gasteiger partial charge in [0.2, 0.25) is 11.8 Å². The molecule has 19 heavy (non-hydrogen) atoms. The van der Waals surface area contributed by atoms with Crippen LogP contribution in [-0.4, -0.2) is 44.2 Å². The van der Waals surface area contributed by atoms with Crippen LogP contribution in [0.15, 0.2) is 0 Å². The zero-order chi connectivity index (χ0) is 14.3. The molecule has 1 fully saturated rings. The van der Waals surface area contributed by atoms with Crippen LogP contribution in [0.5, 0.6) is 0 Å². The van der Waals surface area contributed by atoms with E-state index in [0.717, 1.165) is 25.9 Å². The number of primary amides is 1. The molecule has 1 aliphatic heterocycles. The van der Waals surface area contributed by atoms with E-state index in [2.05, 4.69) is 10.6 Å². The summed E-state index contributed by atoms with van der Waals surface area (Å²) in [5.74, 6) is -0.526. The molecule has 0 unspecified atom stereocenters. The highest BCUT2D eigenvalue weighted by atomic mass is 16.5. The standard InChI is InChI=1S/C13H25N3O3/c1-13(2,12(14)18)9-16-11(17)5-8-19-10-3-6-15-7-4-10/h10,15H,3-9H2,1-2H3,(H2,14,18)(H,16,17). The molecule has 1 saturated heterocycles. The van der Waals surface area contributed by atoms with E-state index >= 15 is 0 Å². The third-order valence-corrected chi connectivity index (χ3v) is 3.36. The molecule has 6 nitrogen and oxygen atoms in total. The van der Waals surface area contributed by atoms with Crippen LogP contribution in [0.1, 0.15) is 33.1 Å². The monoisotopic (exact) mass is 271 g/mol. The molecule has 0 radical (unpaired) electrons. The molecule has 4 N–H and O–H groups in total. The number of hydrogen-bond donors (Lipinski definition) is 3. The highest BCUT2D eigenvalue weighted by Crippen LogP contribution is 2.12.